The number of amides is 2. The van der Waals surface area contributed by atoms with Gasteiger partial charge >= 0.3 is 6.09 Å². The first-order chi connectivity index (χ1) is 15.2. The van der Waals surface area contributed by atoms with Crippen LogP contribution in [0.4, 0.5) is 10.5 Å². The number of benzene rings is 1. The second kappa shape index (κ2) is 10.2. The third kappa shape index (κ3) is 4.92. The number of hydrogen-bond donors (Lipinski definition) is 2. The lowest BCUT2D eigenvalue weighted by atomic mass is 9.83. The van der Waals surface area contributed by atoms with Crippen molar-refractivity contribution in [1.29, 1.82) is 0 Å². The summed E-state index contributed by atoms with van der Waals surface area (Å²) in [5.74, 6) is 0.0252. The maximum Gasteiger partial charge on any atom is 0.409 e. The summed E-state index contributed by atoms with van der Waals surface area (Å²) in [5.41, 5.74) is 2.41. The number of likely N-dealkylation sites (tertiary alicyclic amines) is 2. The summed E-state index contributed by atoms with van der Waals surface area (Å²) in [6, 6.07) is 6.01. The number of para-hydroxylation sites is 1. The van der Waals surface area contributed by atoms with Crippen LogP contribution in [0.2, 0.25) is 0 Å². The van der Waals surface area contributed by atoms with Crippen LogP contribution >= 0.6 is 0 Å². The molecule has 2 aliphatic heterocycles. The molecular formula is C24H38N4O4. The number of likely N-dealkylation sites (N-methyl/N-ethyl adjacent to an activating group) is 1. The Bertz CT molecular complexity index is 800. The maximum atomic E-state index is 13.5. The lowest BCUT2D eigenvalue weighted by molar-refractivity contribution is -0.131. The summed E-state index contributed by atoms with van der Waals surface area (Å²) >= 11 is 0. The molecule has 1 aromatic rings. The van der Waals surface area contributed by atoms with Crippen LogP contribution in [0.3, 0.4) is 0 Å². The van der Waals surface area contributed by atoms with Crippen molar-refractivity contribution in [3.8, 4) is 0 Å². The minimum absolute atomic E-state index is 0.0116. The first-order valence-electron chi connectivity index (χ1n) is 11.6. The van der Waals surface area contributed by atoms with Crippen molar-refractivity contribution in [3.63, 3.8) is 0 Å². The standard InChI is InChI=1S/C24H38N4O4/c1-6-32-23(31)28-13-10-19(20(29)16-28)27-14-11-24(12-15-27,26(4)5)22(30)25-21-17(2)8-7-9-18(21)3/h7-9,19-20,29H,6,10-16H2,1-5H3,(H,25,30)/t19-,20-/m1/s1. The third-order valence-electron chi connectivity index (χ3n) is 7.16. The van der Waals surface area contributed by atoms with Crippen molar-refractivity contribution >= 4 is 17.7 Å². The molecule has 2 atom stereocenters. The number of nitrogens with zero attached hydrogens (tertiary/aromatic N) is 3. The SMILES string of the molecule is CCOC(=O)N1CC[C@@H](N2CCC(C(=O)Nc3c(C)cccc3C)(N(C)C)CC2)[C@H](O)C1. The number of aliphatic hydroxyl groups excluding tert-OH is 1. The monoisotopic (exact) mass is 446 g/mol. The van der Waals surface area contributed by atoms with E-state index in [2.05, 4.69) is 10.2 Å². The van der Waals surface area contributed by atoms with Gasteiger partial charge in [0.15, 0.2) is 0 Å². The van der Waals surface area contributed by atoms with Gasteiger partial charge in [-0.25, -0.2) is 4.79 Å². The number of nitrogens with one attached hydrogen (secondary N) is 1. The summed E-state index contributed by atoms with van der Waals surface area (Å²) in [4.78, 5) is 31.4. The lowest BCUT2D eigenvalue weighted by Gasteiger charge is -2.49. The molecule has 2 N–H and O–H groups in total. The average molecular weight is 447 g/mol. The van der Waals surface area contributed by atoms with E-state index < -0.39 is 11.6 Å². The van der Waals surface area contributed by atoms with E-state index in [0.29, 0.717) is 32.4 Å². The van der Waals surface area contributed by atoms with E-state index in [0.717, 1.165) is 29.9 Å². The van der Waals surface area contributed by atoms with Gasteiger partial charge in [-0.05, 0) is 65.3 Å². The number of aliphatic hydroxyl groups is 1. The van der Waals surface area contributed by atoms with Crippen molar-refractivity contribution in [2.75, 3.05) is 52.2 Å². The van der Waals surface area contributed by atoms with Crippen molar-refractivity contribution in [1.82, 2.24) is 14.7 Å². The Morgan fingerprint density at radius 2 is 1.81 bits per heavy atom. The molecule has 1 aromatic carbocycles. The van der Waals surface area contributed by atoms with Gasteiger partial charge in [-0.15, -0.1) is 0 Å². The van der Waals surface area contributed by atoms with E-state index in [1.165, 1.54) is 0 Å². The van der Waals surface area contributed by atoms with Gasteiger partial charge in [-0.3, -0.25) is 14.6 Å². The van der Waals surface area contributed by atoms with E-state index >= 15 is 0 Å². The zero-order valence-electron chi connectivity index (χ0n) is 20.1. The number of ether oxygens (including phenoxy) is 1. The largest absolute Gasteiger partial charge is 0.450 e. The van der Waals surface area contributed by atoms with Crippen LogP contribution in [0, 0.1) is 13.8 Å². The van der Waals surface area contributed by atoms with Gasteiger partial charge in [0.05, 0.1) is 19.3 Å². The molecule has 0 aromatic heterocycles. The van der Waals surface area contributed by atoms with E-state index in [9.17, 15) is 14.7 Å². The molecule has 0 radical (unpaired) electrons. The van der Waals surface area contributed by atoms with E-state index in [-0.39, 0.29) is 24.6 Å². The van der Waals surface area contributed by atoms with Crippen LogP contribution in [0.15, 0.2) is 18.2 Å². The van der Waals surface area contributed by atoms with Crippen LogP contribution in [0.1, 0.15) is 37.3 Å². The van der Waals surface area contributed by atoms with Crippen molar-refractivity contribution in [2.24, 2.45) is 0 Å². The number of β-amino-alcohol motifs (C(OH)–C–C–N with tert-alkyl or cyclic N) is 1. The average Bonchev–Trinajstić information content (AvgIpc) is 2.76. The molecule has 178 valence electrons. The molecule has 8 heteroatoms. The summed E-state index contributed by atoms with van der Waals surface area (Å²) in [6.45, 7) is 8.43. The molecule has 2 heterocycles. The topological polar surface area (TPSA) is 85.4 Å². The lowest BCUT2D eigenvalue weighted by Crippen LogP contribution is -2.63. The van der Waals surface area contributed by atoms with Crippen LogP contribution in [0.5, 0.6) is 0 Å². The number of piperidine rings is 2. The Morgan fingerprint density at radius 3 is 2.34 bits per heavy atom. The molecule has 0 unspecified atom stereocenters. The van der Waals surface area contributed by atoms with E-state index in [1.54, 1.807) is 11.8 Å². The van der Waals surface area contributed by atoms with Crippen molar-refractivity contribution in [3.05, 3.63) is 29.3 Å². The van der Waals surface area contributed by atoms with E-state index in [1.807, 2.05) is 51.0 Å². The zero-order chi connectivity index (χ0) is 23.5. The second-order valence-electron chi connectivity index (χ2n) is 9.25. The Hall–Kier alpha value is -2.16. The van der Waals surface area contributed by atoms with Gasteiger partial charge in [0.1, 0.15) is 5.54 Å². The fourth-order valence-electron chi connectivity index (χ4n) is 5.07. The Labute approximate surface area is 191 Å². The number of carbonyl (C=O) groups is 2. The quantitative estimate of drug-likeness (QED) is 0.722. The van der Waals surface area contributed by atoms with Gasteiger partial charge in [-0.1, -0.05) is 18.2 Å². The number of rotatable bonds is 5. The van der Waals surface area contributed by atoms with Gasteiger partial charge < -0.3 is 20.1 Å². The zero-order valence-corrected chi connectivity index (χ0v) is 20.1. The number of hydrogen-bond acceptors (Lipinski definition) is 6. The van der Waals surface area contributed by atoms with Crippen LogP contribution in [-0.2, 0) is 9.53 Å². The first-order valence-corrected chi connectivity index (χ1v) is 11.6. The second-order valence-corrected chi connectivity index (χ2v) is 9.25. The molecule has 8 nitrogen and oxygen atoms in total. The highest BCUT2D eigenvalue weighted by molar-refractivity contribution is 5.99. The molecule has 2 amide bonds. The third-order valence-corrected chi connectivity index (χ3v) is 7.16. The molecular weight excluding hydrogens is 408 g/mol. The van der Waals surface area contributed by atoms with Crippen molar-refractivity contribution < 1.29 is 19.4 Å². The van der Waals surface area contributed by atoms with Gasteiger partial charge in [0, 0.05) is 31.4 Å². The van der Waals surface area contributed by atoms with Crippen LogP contribution in [-0.4, -0.2) is 96.4 Å². The highest BCUT2D eigenvalue weighted by Gasteiger charge is 2.46. The fourth-order valence-corrected chi connectivity index (χ4v) is 5.07. The highest BCUT2D eigenvalue weighted by Crippen LogP contribution is 2.32. The summed E-state index contributed by atoms with van der Waals surface area (Å²) in [7, 11) is 3.93. The number of anilines is 1. The maximum absolute atomic E-state index is 13.5. The number of carbonyl (C=O) groups excluding carboxylic acids is 2. The van der Waals surface area contributed by atoms with Gasteiger partial charge in [0.2, 0.25) is 5.91 Å². The predicted molar refractivity (Wildman–Crippen MR) is 125 cm³/mol. The summed E-state index contributed by atoms with van der Waals surface area (Å²) in [6.07, 6.45) is 1.08. The molecule has 0 aliphatic carbocycles. The molecule has 0 bridgehead atoms. The molecule has 2 aliphatic rings. The molecule has 0 saturated carbocycles. The minimum Gasteiger partial charge on any atom is -0.450 e. The molecule has 2 saturated heterocycles. The Kier molecular flexibility index (Phi) is 7.79. The normalized spacial score (nSPS) is 23.8. The molecule has 3 rings (SSSR count). The summed E-state index contributed by atoms with van der Waals surface area (Å²) in [5, 5.41) is 13.9. The van der Waals surface area contributed by atoms with Gasteiger partial charge in [-0.2, -0.15) is 0 Å². The van der Waals surface area contributed by atoms with E-state index in [4.69, 9.17) is 4.74 Å². The smallest absolute Gasteiger partial charge is 0.409 e. The van der Waals surface area contributed by atoms with Crippen LogP contribution in [0.25, 0.3) is 0 Å². The minimum atomic E-state index is -0.622. The van der Waals surface area contributed by atoms with Crippen molar-refractivity contribution in [2.45, 2.75) is 57.7 Å². The highest BCUT2D eigenvalue weighted by atomic mass is 16.6. The Morgan fingerprint density at radius 1 is 1.19 bits per heavy atom. The predicted octanol–water partition coefficient (Wildman–Crippen LogP) is 2.23. The molecule has 2 fully saturated rings. The Balaban J connectivity index is 1.65. The first kappa shape index (κ1) is 24.5. The molecule has 32 heavy (non-hydrogen) atoms. The molecule has 0 spiro atoms. The number of aryl methyl sites for hydroxylation is 2. The van der Waals surface area contributed by atoms with Crippen LogP contribution < -0.4 is 5.32 Å². The summed E-state index contributed by atoms with van der Waals surface area (Å²) < 4.78 is 5.07. The fraction of sp³-hybridized carbons (Fsp3) is 0.667. The van der Waals surface area contributed by atoms with Gasteiger partial charge in [0.25, 0.3) is 0 Å².